The second-order valence-corrected chi connectivity index (χ2v) is 9.02. The SMILES string of the molecule is COc1cccc(C2/C(=C(\O)c3cc(Cl)c(OC)c(Cl)c3)C(=O)C(=O)N2c2cc(C)ccc2C)c1. The Balaban J connectivity index is 2.01. The first kappa shape index (κ1) is 24.6. The van der Waals surface area contributed by atoms with Crippen molar-refractivity contribution in [3.05, 3.63) is 92.5 Å². The van der Waals surface area contributed by atoms with Crippen LogP contribution in [0.1, 0.15) is 28.3 Å². The van der Waals surface area contributed by atoms with Crippen LogP contribution in [0.2, 0.25) is 10.0 Å². The lowest BCUT2D eigenvalue weighted by Crippen LogP contribution is -2.30. The van der Waals surface area contributed by atoms with E-state index in [1.807, 2.05) is 32.0 Å². The van der Waals surface area contributed by atoms with Crippen molar-refractivity contribution < 1.29 is 24.2 Å². The van der Waals surface area contributed by atoms with Gasteiger partial charge in [-0.05, 0) is 60.9 Å². The highest BCUT2D eigenvalue weighted by molar-refractivity contribution is 6.52. The van der Waals surface area contributed by atoms with Gasteiger partial charge in [0.05, 0.1) is 35.9 Å². The predicted molar refractivity (Wildman–Crippen MR) is 137 cm³/mol. The number of aliphatic hydroxyl groups is 1. The number of amides is 1. The normalized spacial score (nSPS) is 17.1. The molecule has 4 rings (SSSR count). The maximum atomic E-state index is 13.4. The molecule has 0 bridgehead atoms. The molecule has 8 heteroatoms. The van der Waals surface area contributed by atoms with Gasteiger partial charge >= 0.3 is 0 Å². The Bertz CT molecular complexity index is 1360. The van der Waals surface area contributed by atoms with E-state index in [9.17, 15) is 14.7 Å². The molecule has 1 aliphatic heterocycles. The summed E-state index contributed by atoms with van der Waals surface area (Å²) in [5, 5.41) is 11.7. The number of anilines is 1. The zero-order chi connectivity index (χ0) is 25.4. The van der Waals surface area contributed by atoms with E-state index >= 15 is 0 Å². The minimum Gasteiger partial charge on any atom is -0.507 e. The highest BCUT2D eigenvalue weighted by atomic mass is 35.5. The molecule has 0 radical (unpaired) electrons. The first-order valence-corrected chi connectivity index (χ1v) is 11.5. The lowest BCUT2D eigenvalue weighted by Gasteiger charge is -2.27. The number of aliphatic hydroxyl groups excluding tert-OH is 1. The van der Waals surface area contributed by atoms with Gasteiger partial charge in [0.2, 0.25) is 0 Å². The Hall–Kier alpha value is -3.48. The number of halogens is 2. The van der Waals surface area contributed by atoms with Gasteiger partial charge in [0.15, 0.2) is 5.75 Å². The fourth-order valence-electron chi connectivity index (χ4n) is 4.23. The van der Waals surface area contributed by atoms with Crippen LogP contribution in [0, 0.1) is 13.8 Å². The third-order valence-electron chi connectivity index (χ3n) is 5.95. The van der Waals surface area contributed by atoms with E-state index in [2.05, 4.69) is 0 Å². The Morgan fingerprint density at radius 1 is 0.943 bits per heavy atom. The number of Topliss-reactive ketones (excluding diaryl/α,β-unsaturated/α-hetero) is 1. The van der Waals surface area contributed by atoms with Crippen LogP contribution in [-0.4, -0.2) is 31.0 Å². The molecule has 35 heavy (non-hydrogen) atoms. The summed E-state index contributed by atoms with van der Waals surface area (Å²) < 4.78 is 10.6. The monoisotopic (exact) mass is 511 g/mol. The minimum atomic E-state index is -0.912. The van der Waals surface area contributed by atoms with Crippen LogP contribution in [0.5, 0.6) is 11.5 Å². The number of methoxy groups -OCH3 is 2. The first-order chi connectivity index (χ1) is 16.7. The topological polar surface area (TPSA) is 76.1 Å². The molecule has 180 valence electrons. The lowest BCUT2D eigenvalue weighted by atomic mass is 9.94. The van der Waals surface area contributed by atoms with Crippen molar-refractivity contribution in [2.75, 3.05) is 19.1 Å². The number of rotatable bonds is 5. The van der Waals surface area contributed by atoms with E-state index in [0.29, 0.717) is 17.0 Å². The van der Waals surface area contributed by atoms with E-state index in [1.54, 1.807) is 24.3 Å². The molecular weight excluding hydrogens is 489 g/mol. The number of aryl methyl sites for hydroxylation is 2. The van der Waals surface area contributed by atoms with Gasteiger partial charge in [0.25, 0.3) is 11.7 Å². The second kappa shape index (κ2) is 9.64. The molecule has 1 fully saturated rings. The smallest absolute Gasteiger partial charge is 0.300 e. The van der Waals surface area contributed by atoms with Gasteiger partial charge in [0, 0.05) is 11.3 Å². The van der Waals surface area contributed by atoms with E-state index in [4.69, 9.17) is 32.7 Å². The summed E-state index contributed by atoms with van der Waals surface area (Å²) in [6, 6.07) is 14.7. The van der Waals surface area contributed by atoms with E-state index in [-0.39, 0.29) is 26.9 Å². The maximum Gasteiger partial charge on any atom is 0.300 e. The Morgan fingerprint density at radius 3 is 2.26 bits per heavy atom. The lowest BCUT2D eigenvalue weighted by molar-refractivity contribution is -0.132. The Labute approximate surface area is 213 Å². The minimum absolute atomic E-state index is 0.0820. The largest absolute Gasteiger partial charge is 0.507 e. The molecule has 3 aromatic rings. The van der Waals surface area contributed by atoms with Crippen LogP contribution in [0.25, 0.3) is 5.76 Å². The predicted octanol–water partition coefficient (Wildman–Crippen LogP) is 6.25. The number of hydrogen-bond donors (Lipinski definition) is 1. The van der Waals surface area contributed by atoms with Crippen LogP contribution in [-0.2, 0) is 9.59 Å². The Kier molecular flexibility index (Phi) is 6.79. The number of ketones is 1. The van der Waals surface area contributed by atoms with Crippen LogP contribution in [0.3, 0.4) is 0 Å². The molecule has 1 aliphatic rings. The summed E-state index contributed by atoms with van der Waals surface area (Å²) in [5.41, 5.74) is 3.00. The summed E-state index contributed by atoms with van der Waals surface area (Å²) in [5.74, 6) is -1.18. The molecule has 1 saturated heterocycles. The summed E-state index contributed by atoms with van der Waals surface area (Å²) in [6.07, 6.45) is 0. The number of hydrogen-bond acceptors (Lipinski definition) is 5. The molecule has 0 spiro atoms. The molecule has 1 heterocycles. The van der Waals surface area contributed by atoms with E-state index in [1.165, 1.54) is 31.3 Å². The maximum absolute atomic E-state index is 13.4. The molecule has 1 unspecified atom stereocenters. The number of ether oxygens (including phenoxy) is 2. The molecule has 1 atom stereocenters. The van der Waals surface area contributed by atoms with Gasteiger partial charge in [-0.25, -0.2) is 0 Å². The summed E-state index contributed by atoms with van der Waals surface area (Å²) >= 11 is 12.6. The quantitative estimate of drug-likeness (QED) is 0.248. The van der Waals surface area contributed by atoms with E-state index < -0.39 is 23.5 Å². The second-order valence-electron chi connectivity index (χ2n) is 8.21. The van der Waals surface area contributed by atoms with E-state index in [0.717, 1.165) is 11.1 Å². The van der Waals surface area contributed by atoms with Gasteiger partial charge in [-0.2, -0.15) is 0 Å². The van der Waals surface area contributed by atoms with Crippen LogP contribution in [0.15, 0.2) is 60.2 Å². The van der Waals surface area contributed by atoms with Crippen molar-refractivity contribution >= 4 is 46.3 Å². The number of carbonyl (C=O) groups excluding carboxylic acids is 2. The van der Waals surface area contributed by atoms with Crippen LogP contribution < -0.4 is 14.4 Å². The molecule has 3 aromatic carbocycles. The van der Waals surface area contributed by atoms with Crippen molar-refractivity contribution in [3.63, 3.8) is 0 Å². The van der Waals surface area contributed by atoms with Crippen molar-refractivity contribution in [1.82, 2.24) is 0 Å². The number of carbonyl (C=O) groups is 2. The molecule has 0 aliphatic carbocycles. The standard InChI is InChI=1S/C27H23Cl2NO5/c1-14-8-9-15(2)21(10-14)30-23(16-6-5-7-18(11-16)34-3)22(25(32)27(30)33)24(31)17-12-19(28)26(35-4)20(29)13-17/h5-13,23,31H,1-4H3/b24-22+. The highest BCUT2D eigenvalue weighted by Crippen LogP contribution is 2.45. The summed E-state index contributed by atoms with van der Waals surface area (Å²) in [4.78, 5) is 28.2. The summed E-state index contributed by atoms with van der Waals surface area (Å²) in [7, 11) is 2.95. The van der Waals surface area contributed by atoms with Crippen molar-refractivity contribution in [2.45, 2.75) is 19.9 Å². The fourth-order valence-corrected chi connectivity index (χ4v) is 4.88. The van der Waals surface area contributed by atoms with Gasteiger partial charge in [-0.3, -0.25) is 14.5 Å². The van der Waals surface area contributed by atoms with Crippen molar-refractivity contribution in [2.24, 2.45) is 0 Å². The van der Waals surface area contributed by atoms with Gasteiger partial charge in [-0.1, -0.05) is 47.5 Å². The molecule has 0 aromatic heterocycles. The fraction of sp³-hybridized carbons (Fsp3) is 0.185. The zero-order valence-electron chi connectivity index (χ0n) is 19.6. The molecule has 1 N–H and O–H groups in total. The average Bonchev–Trinajstić information content (AvgIpc) is 3.10. The average molecular weight is 512 g/mol. The number of benzene rings is 3. The first-order valence-electron chi connectivity index (χ1n) is 10.7. The molecular formula is C27H23Cl2NO5. The molecule has 1 amide bonds. The van der Waals surface area contributed by atoms with Gasteiger partial charge in [0.1, 0.15) is 11.5 Å². The van der Waals surface area contributed by atoms with Gasteiger partial charge in [-0.15, -0.1) is 0 Å². The van der Waals surface area contributed by atoms with Gasteiger partial charge < -0.3 is 14.6 Å². The molecule has 0 saturated carbocycles. The molecule has 6 nitrogen and oxygen atoms in total. The number of nitrogens with zero attached hydrogens (tertiary/aromatic N) is 1. The van der Waals surface area contributed by atoms with Crippen LogP contribution in [0.4, 0.5) is 5.69 Å². The van der Waals surface area contributed by atoms with Crippen molar-refractivity contribution in [3.8, 4) is 11.5 Å². The third kappa shape index (κ3) is 4.35. The zero-order valence-corrected chi connectivity index (χ0v) is 21.1. The third-order valence-corrected chi connectivity index (χ3v) is 6.52. The Morgan fingerprint density at radius 2 is 1.63 bits per heavy atom. The summed E-state index contributed by atoms with van der Waals surface area (Å²) in [6.45, 7) is 3.77. The highest BCUT2D eigenvalue weighted by Gasteiger charge is 2.47. The van der Waals surface area contributed by atoms with Crippen LogP contribution >= 0.6 is 23.2 Å². The van der Waals surface area contributed by atoms with Crippen molar-refractivity contribution in [1.29, 1.82) is 0 Å².